The number of likely N-dealkylation sites (tertiary alicyclic amines) is 1. The lowest BCUT2D eigenvalue weighted by molar-refractivity contribution is 0.112. The van der Waals surface area contributed by atoms with E-state index in [9.17, 15) is 0 Å². The second-order valence-corrected chi connectivity index (χ2v) is 9.92. The summed E-state index contributed by atoms with van der Waals surface area (Å²) in [5.41, 5.74) is 1.79. The first-order valence-corrected chi connectivity index (χ1v) is 11.2. The highest BCUT2D eigenvalue weighted by molar-refractivity contribution is 5.08. The van der Waals surface area contributed by atoms with Gasteiger partial charge in [0.2, 0.25) is 0 Å². The molecular weight excluding hydrogens is 334 g/mol. The van der Waals surface area contributed by atoms with Crippen molar-refractivity contribution in [3.63, 3.8) is 0 Å². The fourth-order valence-corrected chi connectivity index (χ4v) is 3.78. The molecule has 1 fully saturated rings. The minimum Gasteiger partial charge on any atom is -0.381 e. The third kappa shape index (κ3) is 9.25. The van der Waals surface area contributed by atoms with Gasteiger partial charge in [-0.3, -0.25) is 4.68 Å². The summed E-state index contributed by atoms with van der Waals surface area (Å²) in [5, 5.41) is 4.54. The van der Waals surface area contributed by atoms with Gasteiger partial charge in [0, 0.05) is 26.0 Å². The molecule has 0 radical (unpaired) electrons. The first-order valence-electron chi connectivity index (χ1n) is 11.2. The molecule has 1 aliphatic rings. The average Bonchev–Trinajstić information content (AvgIpc) is 3.06. The van der Waals surface area contributed by atoms with Crippen LogP contribution in [0.2, 0.25) is 0 Å². The fraction of sp³-hybridized carbons (Fsp3) is 0.870. The zero-order valence-electron chi connectivity index (χ0n) is 18.5. The van der Waals surface area contributed by atoms with E-state index >= 15 is 0 Å². The first kappa shape index (κ1) is 22.4. The Labute approximate surface area is 167 Å². The van der Waals surface area contributed by atoms with E-state index in [1.807, 2.05) is 6.20 Å². The number of aromatic nitrogens is 2. The summed E-state index contributed by atoms with van der Waals surface area (Å²) in [6, 6.07) is 0. The molecule has 2 heterocycles. The lowest BCUT2D eigenvalue weighted by atomic mass is 9.91. The summed E-state index contributed by atoms with van der Waals surface area (Å²) in [5.74, 6) is 1.36. The van der Waals surface area contributed by atoms with E-state index in [0.29, 0.717) is 11.3 Å². The highest BCUT2D eigenvalue weighted by atomic mass is 16.5. The molecule has 27 heavy (non-hydrogen) atoms. The Morgan fingerprint density at radius 2 is 1.81 bits per heavy atom. The Morgan fingerprint density at radius 3 is 2.44 bits per heavy atom. The zero-order valence-corrected chi connectivity index (χ0v) is 18.5. The van der Waals surface area contributed by atoms with Crippen LogP contribution < -0.4 is 0 Å². The molecule has 0 atom stereocenters. The number of hydrogen-bond donors (Lipinski definition) is 0. The van der Waals surface area contributed by atoms with Crippen molar-refractivity contribution in [3.8, 4) is 0 Å². The maximum Gasteiger partial charge on any atom is 0.0524 e. The predicted octanol–water partition coefficient (Wildman–Crippen LogP) is 5.34. The number of unbranched alkanes of at least 4 members (excludes halogenated alkanes) is 1. The Balaban J connectivity index is 1.48. The van der Waals surface area contributed by atoms with E-state index in [-0.39, 0.29) is 0 Å². The zero-order chi connectivity index (χ0) is 19.7. The molecule has 1 aliphatic heterocycles. The maximum absolute atomic E-state index is 5.79. The molecule has 0 N–H and O–H groups in total. The molecule has 0 bridgehead atoms. The smallest absolute Gasteiger partial charge is 0.0524 e. The summed E-state index contributed by atoms with van der Waals surface area (Å²) in [6.45, 7) is 18.0. The van der Waals surface area contributed by atoms with Crippen molar-refractivity contribution in [3.05, 3.63) is 18.0 Å². The quantitative estimate of drug-likeness (QED) is 0.488. The summed E-state index contributed by atoms with van der Waals surface area (Å²) in [4.78, 5) is 2.64. The topological polar surface area (TPSA) is 30.3 Å². The number of ether oxygens (including phenoxy) is 1. The number of hydrogen-bond acceptors (Lipinski definition) is 3. The van der Waals surface area contributed by atoms with E-state index in [0.717, 1.165) is 25.7 Å². The van der Waals surface area contributed by atoms with Gasteiger partial charge in [-0.1, -0.05) is 34.6 Å². The maximum atomic E-state index is 5.79. The van der Waals surface area contributed by atoms with Crippen LogP contribution in [-0.4, -0.2) is 47.5 Å². The van der Waals surface area contributed by atoms with Gasteiger partial charge in [0.25, 0.3) is 0 Å². The van der Waals surface area contributed by atoms with Crippen LogP contribution in [0.3, 0.4) is 0 Å². The van der Waals surface area contributed by atoms with Crippen LogP contribution in [0.1, 0.15) is 84.6 Å². The molecule has 0 aromatic carbocycles. The fourth-order valence-electron chi connectivity index (χ4n) is 3.78. The van der Waals surface area contributed by atoms with Crippen molar-refractivity contribution in [2.45, 2.75) is 85.6 Å². The minimum atomic E-state index is 0.434. The van der Waals surface area contributed by atoms with Crippen LogP contribution in [0.15, 0.2) is 12.4 Å². The van der Waals surface area contributed by atoms with Crippen LogP contribution in [0, 0.1) is 11.3 Å². The molecule has 1 saturated heterocycles. The molecule has 4 nitrogen and oxygen atoms in total. The molecule has 0 amide bonds. The Bertz CT molecular complexity index is 510. The summed E-state index contributed by atoms with van der Waals surface area (Å²) >= 11 is 0. The van der Waals surface area contributed by atoms with Gasteiger partial charge in [0.1, 0.15) is 0 Å². The van der Waals surface area contributed by atoms with Gasteiger partial charge < -0.3 is 9.64 Å². The standard InChI is InChI=1S/C23H43N3O/c1-20(2)22-17-24-26(19-22)18-21-9-13-25(14-10-21)12-6-7-15-27-16-8-11-23(3,4)5/h17,19-21H,6-16,18H2,1-5H3. The van der Waals surface area contributed by atoms with Crippen LogP contribution in [0.5, 0.6) is 0 Å². The van der Waals surface area contributed by atoms with Crippen LogP contribution in [0.4, 0.5) is 0 Å². The highest BCUT2D eigenvalue weighted by Gasteiger charge is 2.19. The first-order chi connectivity index (χ1) is 12.8. The summed E-state index contributed by atoms with van der Waals surface area (Å²) in [6.07, 6.45) is 11.8. The van der Waals surface area contributed by atoms with Crippen molar-refractivity contribution in [1.29, 1.82) is 0 Å². The second kappa shape index (κ2) is 11.2. The van der Waals surface area contributed by atoms with E-state index in [2.05, 4.69) is 55.5 Å². The van der Waals surface area contributed by atoms with E-state index in [1.54, 1.807) is 0 Å². The normalized spacial score (nSPS) is 17.1. The molecule has 0 aliphatic carbocycles. The van der Waals surface area contributed by atoms with Crippen molar-refractivity contribution in [2.75, 3.05) is 32.8 Å². The van der Waals surface area contributed by atoms with Gasteiger partial charge >= 0.3 is 0 Å². The number of rotatable bonds is 11. The Morgan fingerprint density at radius 1 is 1.11 bits per heavy atom. The minimum absolute atomic E-state index is 0.434. The van der Waals surface area contributed by atoms with E-state index in [4.69, 9.17) is 4.74 Å². The van der Waals surface area contributed by atoms with Crippen molar-refractivity contribution >= 4 is 0 Å². The van der Waals surface area contributed by atoms with Gasteiger partial charge in [-0.15, -0.1) is 0 Å². The van der Waals surface area contributed by atoms with Gasteiger partial charge in [-0.25, -0.2) is 0 Å². The monoisotopic (exact) mass is 377 g/mol. The summed E-state index contributed by atoms with van der Waals surface area (Å²) < 4.78 is 7.95. The van der Waals surface area contributed by atoms with Crippen LogP contribution >= 0.6 is 0 Å². The van der Waals surface area contributed by atoms with Crippen molar-refractivity contribution in [2.24, 2.45) is 11.3 Å². The molecule has 4 heteroatoms. The van der Waals surface area contributed by atoms with E-state index < -0.39 is 0 Å². The average molecular weight is 378 g/mol. The molecular formula is C23H43N3O. The molecule has 0 saturated carbocycles. The van der Waals surface area contributed by atoms with E-state index in [1.165, 1.54) is 63.7 Å². The van der Waals surface area contributed by atoms with Gasteiger partial charge in [-0.2, -0.15) is 5.10 Å². The lowest BCUT2D eigenvalue weighted by Crippen LogP contribution is -2.35. The SMILES string of the molecule is CC(C)c1cnn(CC2CCN(CCCCOCCCC(C)(C)C)CC2)c1. The number of piperidine rings is 1. The molecule has 0 spiro atoms. The van der Waals surface area contributed by atoms with Gasteiger partial charge in [0.15, 0.2) is 0 Å². The predicted molar refractivity (Wildman–Crippen MR) is 114 cm³/mol. The number of nitrogens with zero attached hydrogens (tertiary/aromatic N) is 3. The molecule has 1 aromatic heterocycles. The third-order valence-corrected chi connectivity index (χ3v) is 5.70. The van der Waals surface area contributed by atoms with Gasteiger partial charge in [0.05, 0.1) is 6.20 Å². The molecule has 1 aromatic rings. The van der Waals surface area contributed by atoms with Crippen LogP contribution in [-0.2, 0) is 11.3 Å². The molecule has 2 rings (SSSR count). The summed E-state index contributed by atoms with van der Waals surface area (Å²) in [7, 11) is 0. The van der Waals surface area contributed by atoms with Gasteiger partial charge in [-0.05, 0) is 81.0 Å². The largest absolute Gasteiger partial charge is 0.381 e. The lowest BCUT2D eigenvalue weighted by Gasteiger charge is -2.31. The Hall–Kier alpha value is -0.870. The molecule has 0 unspecified atom stereocenters. The highest BCUT2D eigenvalue weighted by Crippen LogP contribution is 2.21. The second-order valence-electron chi connectivity index (χ2n) is 9.92. The molecule has 156 valence electrons. The Kier molecular flexibility index (Phi) is 9.31. The van der Waals surface area contributed by atoms with Crippen LogP contribution in [0.25, 0.3) is 0 Å². The third-order valence-electron chi connectivity index (χ3n) is 5.70. The van der Waals surface area contributed by atoms with Crippen molar-refractivity contribution in [1.82, 2.24) is 14.7 Å². The van der Waals surface area contributed by atoms with Crippen molar-refractivity contribution < 1.29 is 4.74 Å².